The molecule has 10 heavy (non-hydrogen) atoms. The normalized spacial score (nSPS) is 9.20. The Morgan fingerprint density at radius 1 is 1.20 bits per heavy atom. The number of para-hydroxylation sites is 2. The van der Waals surface area contributed by atoms with Crippen molar-refractivity contribution in [1.29, 1.82) is 0 Å². The second-order valence-electron chi connectivity index (χ2n) is 1.92. The van der Waals surface area contributed by atoms with Crippen LogP contribution >= 0.6 is 0 Å². The maximum Gasteiger partial charge on any atom is 0.0931 e. The fraction of sp³-hybridized carbons (Fsp3) is 0. The van der Waals surface area contributed by atoms with E-state index in [1.165, 1.54) is 0 Å². The Labute approximate surface area is 69.1 Å². The minimum atomic E-state index is 0. The molecule has 0 atom stereocenters. The van der Waals surface area contributed by atoms with Crippen molar-refractivity contribution in [1.82, 2.24) is 9.97 Å². The van der Waals surface area contributed by atoms with E-state index < -0.39 is 0 Å². The fourth-order valence-corrected chi connectivity index (χ4v) is 0.880. The zero-order valence-corrected chi connectivity index (χ0v) is 6.08. The number of fused-ring (bicyclic) bond motifs is 1. The molecule has 3 heteroatoms. The minimum absolute atomic E-state index is 0. The molecule has 0 bridgehead atoms. The number of nitrogens with zero attached hydrogens (tertiary/aromatic N) is 1. The molecule has 2 rings (SSSR count). The molecule has 0 saturated heterocycles. The van der Waals surface area contributed by atoms with Crippen molar-refractivity contribution in [3.63, 3.8) is 0 Å². The standard InChI is InChI=1S/C7H6N2.Cu/c1-2-4-7-6(3-1)8-5-9-7;/h1-5H,(H,8,9);. The molecule has 55 valence electrons. The average molecular weight is 182 g/mol. The van der Waals surface area contributed by atoms with Gasteiger partial charge in [0, 0.05) is 17.1 Å². The Morgan fingerprint density at radius 3 is 2.80 bits per heavy atom. The minimum Gasteiger partial charge on any atom is -0.345 e. The second kappa shape index (κ2) is 2.86. The van der Waals surface area contributed by atoms with Gasteiger partial charge in [0.15, 0.2) is 0 Å². The van der Waals surface area contributed by atoms with E-state index in [4.69, 9.17) is 0 Å². The van der Waals surface area contributed by atoms with Crippen LogP contribution in [0.1, 0.15) is 0 Å². The van der Waals surface area contributed by atoms with Gasteiger partial charge < -0.3 is 4.98 Å². The van der Waals surface area contributed by atoms with E-state index in [2.05, 4.69) is 9.97 Å². The third-order valence-corrected chi connectivity index (χ3v) is 1.33. The Hall–Kier alpha value is -0.791. The summed E-state index contributed by atoms with van der Waals surface area (Å²) in [5.41, 5.74) is 2.12. The van der Waals surface area contributed by atoms with Gasteiger partial charge in [0.2, 0.25) is 0 Å². The van der Waals surface area contributed by atoms with Gasteiger partial charge in [0.25, 0.3) is 0 Å². The molecule has 0 aliphatic heterocycles. The number of H-pyrrole nitrogens is 1. The Kier molecular flexibility index (Phi) is 2.09. The summed E-state index contributed by atoms with van der Waals surface area (Å²) in [7, 11) is 0. The summed E-state index contributed by atoms with van der Waals surface area (Å²) in [6, 6.07) is 7.94. The first-order valence-corrected chi connectivity index (χ1v) is 2.85. The number of aromatic amines is 1. The summed E-state index contributed by atoms with van der Waals surface area (Å²) in [6.45, 7) is 0. The monoisotopic (exact) mass is 181 g/mol. The quantitative estimate of drug-likeness (QED) is 0.614. The van der Waals surface area contributed by atoms with Crippen LogP contribution < -0.4 is 0 Å². The SMILES string of the molecule is [Cu].c1ccc2[nH]cnc2c1. The molecule has 2 nitrogen and oxygen atoms in total. The molecular formula is C7H6CuN2. The third kappa shape index (κ3) is 1.06. The number of nitrogens with one attached hydrogen (secondary N) is 1. The van der Waals surface area contributed by atoms with Gasteiger partial charge in [0.1, 0.15) is 0 Å². The van der Waals surface area contributed by atoms with Crippen LogP contribution in [0, 0.1) is 0 Å². The number of rotatable bonds is 0. The van der Waals surface area contributed by atoms with E-state index in [-0.39, 0.29) is 17.1 Å². The van der Waals surface area contributed by atoms with Gasteiger partial charge in [-0.1, -0.05) is 12.1 Å². The van der Waals surface area contributed by atoms with Crippen LogP contribution in [-0.2, 0) is 17.1 Å². The van der Waals surface area contributed by atoms with Crippen LogP contribution in [0.25, 0.3) is 11.0 Å². The zero-order valence-electron chi connectivity index (χ0n) is 5.14. The molecule has 0 aliphatic rings. The number of hydrogen-bond donors (Lipinski definition) is 1. The molecule has 1 heterocycles. The summed E-state index contributed by atoms with van der Waals surface area (Å²) in [4.78, 5) is 7.07. The van der Waals surface area contributed by atoms with Crippen molar-refractivity contribution >= 4 is 11.0 Å². The van der Waals surface area contributed by atoms with Crippen molar-refractivity contribution < 1.29 is 17.1 Å². The molecule has 0 unspecified atom stereocenters. The average Bonchev–Trinajstić information content (AvgIpc) is 2.33. The molecule has 0 spiro atoms. The van der Waals surface area contributed by atoms with E-state index in [0.29, 0.717) is 0 Å². The Morgan fingerprint density at radius 2 is 2.00 bits per heavy atom. The van der Waals surface area contributed by atoms with Crippen LogP contribution in [0.15, 0.2) is 30.6 Å². The maximum atomic E-state index is 4.06. The van der Waals surface area contributed by atoms with Crippen LogP contribution in [0.4, 0.5) is 0 Å². The first-order valence-electron chi connectivity index (χ1n) is 2.85. The van der Waals surface area contributed by atoms with E-state index in [0.717, 1.165) is 11.0 Å². The summed E-state index contributed by atoms with van der Waals surface area (Å²) >= 11 is 0. The third-order valence-electron chi connectivity index (χ3n) is 1.33. The molecule has 2 aromatic rings. The molecule has 1 radical (unpaired) electrons. The number of imidazole rings is 1. The van der Waals surface area contributed by atoms with Crippen LogP contribution in [-0.4, -0.2) is 9.97 Å². The smallest absolute Gasteiger partial charge is 0.0931 e. The van der Waals surface area contributed by atoms with Crippen LogP contribution in [0.5, 0.6) is 0 Å². The topological polar surface area (TPSA) is 28.7 Å². The summed E-state index contributed by atoms with van der Waals surface area (Å²) in [5, 5.41) is 0. The first kappa shape index (κ1) is 7.32. The molecule has 1 N–H and O–H groups in total. The molecule has 1 aromatic heterocycles. The van der Waals surface area contributed by atoms with Crippen molar-refractivity contribution in [2.75, 3.05) is 0 Å². The van der Waals surface area contributed by atoms with Gasteiger partial charge in [-0.3, -0.25) is 0 Å². The van der Waals surface area contributed by atoms with E-state index in [1.54, 1.807) is 6.33 Å². The van der Waals surface area contributed by atoms with Gasteiger partial charge >= 0.3 is 0 Å². The van der Waals surface area contributed by atoms with Crippen LogP contribution in [0.3, 0.4) is 0 Å². The zero-order chi connectivity index (χ0) is 6.10. The van der Waals surface area contributed by atoms with Gasteiger partial charge in [-0.05, 0) is 12.1 Å². The second-order valence-corrected chi connectivity index (χ2v) is 1.92. The number of aromatic nitrogens is 2. The van der Waals surface area contributed by atoms with Gasteiger partial charge in [-0.15, -0.1) is 0 Å². The van der Waals surface area contributed by atoms with Crippen LogP contribution in [0.2, 0.25) is 0 Å². The predicted molar refractivity (Wildman–Crippen MR) is 36.1 cm³/mol. The molecular weight excluding hydrogens is 176 g/mol. The van der Waals surface area contributed by atoms with Crippen molar-refractivity contribution in [2.45, 2.75) is 0 Å². The number of hydrogen-bond acceptors (Lipinski definition) is 1. The molecule has 0 saturated carbocycles. The fourth-order valence-electron chi connectivity index (χ4n) is 0.880. The molecule has 0 aliphatic carbocycles. The first-order chi connectivity index (χ1) is 4.47. The van der Waals surface area contributed by atoms with Gasteiger partial charge in [-0.25, -0.2) is 4.98 Å². The summed E-state index contributed by atoms with van der Waals surface area (Å²) in [5.74, 6) is 0. The summed E-state index contributed by atoms with van der Waals surface area (Å²) < 4.78 is 0. The largest absolute Gasteiger partial charge is 0.345 e. The van der Waals surface area contributed by atoms with Crippen molar-refractivity contribution in [3.8, 4) is 0 Å². The van der Waals surface area contributed by atoms with Crippen molar-refractivity contribution in [2.24, 2.45) is 0 Å². The Balaban J connectivity index is 0.000000500. The molecule has 0 amide bonds. The van der Waals surface area contributed by atoms with E-state index >= 15 is 0 Å². The van der Waals surface area contributed by atoms with Gasteiger partial charge in [-0.2, -0.15) is 0 Å². The molecule has 0 fully saturated rings. The summed E-state index contributed by atoms with van der Waals surface area (Å²) in [6.07, 6.45) is 1.70. The Bertz CT molecular complexity index is 286. The molecule has 1 aromatic carbocycles. The maximum absolute atomic E-state index is 4.06. The predicted octanol–water partition coefficient (Wildman–Crippen LogP) is 1.56. The van der Waals surface area contributed by atoms with Crippen molar-refractivity contribution in [3.05, 3.63) is 30.6 Å². The van der Waals surface area contributed by atoms with Gasteiger partial charge in [0.05, 0.1) is 17.4 Å². The van der Waals surface area contributed by atoms with E-state index in [1.807, 2.05) is 24.3 Å². The number of benzene rings is 1. The van der Waals surface area contributed by atoms with E-state index in [9.17, 15) is 0 Å².